The maximum absolute atomic E-state index is 12.1. The molecule has 2 rings (SSSR count). The maximum Gasteiger partial charge on any atom is 0.191 e. The predicted octanol–water partition coefficient (Wildman–Crippen LogP) is 3.25. The molecule has 1 saturated carbocycles. The van der Waals surface area contributed by atoms with Gasteiger partial charge in [-0.25, -0.2) is 4.98 Å². The molecule has 1 fully saturated rings. The van der Waals surface area contributed by atoms with Gasteiger partial charge >= 0.3 is 0 Å². The van der Waals surface area contributed by atoms with Crippen molar-refractivity contribution < 1.29 is 4.21 Å². The highest BCUT2D eigenvalue weighted by Gasteiger charge is 2.25. The summed E-state index contributed by atoms with van der Waals surface area (Å²) in [6.45, 7) is 7.75. The van der Waals surface area contributed by atoms with Crippen molar-refractivity contribution in [2.45, 2.75) is 64.2 Å². The molecule has 3 unspecified atom stereocenters. The molecule has 25 heavy (non-hydrogen) atoms. The van der Waals surface area contributed by atoms with Crippen LogP contribution < -0.4 is 10.6 Å². The van der Waals surface area contributed by atoms with Gasteiger partial charge < -0.3 is 10.6 Å². The number of hydrogen-bond acceptors (Lipinski definition) is 4. The zero-order chi connectivity index (χ0) is 17.4. The van der Waals surface area contributed by atoms with E-state index in [1.165, 1.54) is 4.88 Å². The number of guanidine groups is 1. The highest BCUT2D eigenvalue weighted by atomic mass is 127. The quantitative estimate of drug-likeness (QED) is 0.344. The standard InChI is InChI=1S/C17H30N4OS2.HI/c1-4-18-17(19-10-9-16-20-12-13(3)23-16)21-14-7-6-8-15(11-14)24(22)5-2;/h12,14-15H,4-11H2,1-3H3,(H2,18,19,21);1H. The van der Waals surface area contributed by atoms with Crippen molar-refractivity contribution in [2.24, 2.45) is 4.99 Å². The molecular formula is C17H31IN4OS2. The lowest BCUT2D eigenvalue weighted by atomic mass is 9.95. The number of hydrogen-bond donors (Lipinski definition) is 2. The van der Waals surface area contributed by atoms with E-state index < -0.39 is 10.8 Å². The molecule has 0 aromatic carbocycles. The van der Waals surface area contributed by atoms with Crippen molar-refractivity contribution in [1.29, 1.82) is 0 Å². The maximum atomic E-state index is 12.1. The zero-order valence-corrected chi connectivity index (χ0v) is 19.4. The molecule has 5 nitrogen and oxygen atoms in total. The van der Waals surface area contributed by atoms with Crippen LogP contribution in [0.5, 0.6) is 0 Å². The molecule has 1 aromatic rings. The van der Waals surface area contributed by atoms with Gasteiger partial charge in [-0.3, -0.25) is 9.20 Å². The zero-order valence-electron chi connectivity index (χ0n) is 15.4. The summed E-state index contributed by atoms with van der Waals surface area (Å²) in [5, 5.41) is 8.35. The third-order valence-electron chi connectivity index (χ3n) is 4.23. The lowest BCUT2D eigenvalue weighted by Gasteiger charge is -2.30. The van der Waals surface area contributed by atoms with Crippen LogP contribution in [0.4, 0.5) is 0 Å². The third-order valence-corrected chi connectivity index (χ3v) is 6.95. The molecule has 8 heteroatoms. The van der Waals surface area contributed by atoms with Crippen LogP contribution in [0, 0.1) is 6.92 Å². The molecule has 1 aliphatic rings. The molecule has 3 atom stereocenters. The average Bonchev–Trinajstić information content (AvgIpc) is 3.00. The van der Waals surface area contributed by atoms with Gasteiger partial charge in [-0.1, -0.05) is 13.3 Å². The highest BCUT2D eigenvalue weighted by Crippen LogP contribution is 2.23. The van der Waals surface area contributed by atoms with Gasteiger partial charge in [0.1, 0.15) is 0 Å². The van der Waals surface area contributed by atoms with E-state index in [-0.39, 0.29) is 24.0 Å². The van der Waals surface area contributed by atoms with Gasteiger partial charge in [0.05, 0.1) is 5.01 Å². The van der Waals surface area contributed by atoms with E-state index >= 15 is 0 Å². The minimum absolute atomic E-state index is 0. The summed E-state index contributed by atoms with van der Waals surface area (Å²) in [5.41, 5.74) is 0. The van der Waals surface area contributed by atoms with Gasteiger partial charge in [-0.05, 0) is 33.1 Å². The molecule has 0 bridgehead atoms. The van der Waals surface area contributed by atoms with E-state index in [9.17, 15) is 4.21 Å². The van der Waals surface area contributed by atoms with Crippen LogP contribution in [0.1, 0.15) is 49.4 Å². The molecule has 144 valence electrons. The van der Waals surface area contributed by atoms with Crippen molar-refractivity contribution in [1.82, 2.24) is 15.6 Å². The highest BCUT2D eigenvalue weighted by molar-refractivity contribution is 14.0. The van der Waals surface area contributed by atoms with Crippen LogP contribution in [-0.4, -0.2) is 45.3 Å². The Morgan fingerprint density at radius 1 is 1.44 bits per heavy atom. The van der Waals surface area contributed by atoms with Gasteiger partial charge in [0, 0.05) is 58.4 Å². The molecule has 0 radical (unpaired) electrons. The summed E-state index contributed by atoms with van der Waals surface area (Å²) in [6, 6.07) is 0.374. The van der Waals surface area contributed by atoms with Crippen LogP contribution in [0.15, 0.2) is 11.2 Å². The van der Waals surface area contributed by atoms with E-state index in [1.807, 2.05) is 13.1 Å². The first kappa shape index (κ1) is 22.8. The molecule has 2 N–H and O–H groups in total. The predicted molar refractivity (Wildman–Crippen MR) is 120 cm³/mol. The van der Waals surface area contributed by atoms with Crippen LogP contribution in [0.2, 0.25) is 0 Å². The Bertz CT molecular complexity index is 565. The summed E-state index contributed by atoms with van der Waals surface area (Å²) < 4.78 is 12.1. The molecule has 0 aliphatic heterocycles. The van der Waals surface area contributed by atoms with Crippen molar-refractivity contribution in [2.75, 3.05) is 18.8 Å². The molecule has 0 spiro atoms. The van der Waals surface area contributed by atoms with Crippen LogP contribution >= 0.6 is 35.3 Å². The fraction of sp³-hybridized carbons (Fsp3) is 0.765. The second-order valence-corrected chi connectivity index (χ2v) is 9.50. The second-order valence-electron chi connectivity index (χ2n) is 6.17. The van der Waals surface area contributed by atoms with Crippen molar-refractivity contribution >= 4 is 52.1 Å². The van der Waals surface area contributed by atoms with E-state index in [2.05, 4.69) is 34.5 Å². The average molecular weight is 499 g/mol. The second kappa shape index (κ2) is 12.2. The Morgan fingerprint density at radius 3 is 2.88 bits per heavy atom. The van der Waals surface area contributed by atoms with Gasteiger partial charge in [0.2, 0.25) is 0 Å². The van der Waals surface area contributed by atoms with Gasteiger partial charge in [-0.15, -0.1) is 35.3 Å². The fourth-order valence-electron chi connectivity index (χ4n) is 3.04. The summed E-state index contributed by atoms with van der Waals surface area (Å²) in [6.07, 6.45) is 7.15. The van der Waals surface area contributed by atoms with E-state index in [0.29, 0.717) is 11.3 Å². The lowest BCUT2D eigenvalue weighted by Crippen LogP contribution is -2.46. The monoisotopic (exact) mass is 498 g/mol. The molecule has 0 saturated heterocycles. The Labute approximate surface area is 175 Å². The molecule has 1 heterocycles. The van der Waals surface area contributed by atoms with E-state index in [1.54, 1.807) is 11.3 Å². The first-order valence-electron chi connectivity index (χ1n) is 8.95. The van der Waals surface area contributed by atoms with Crippen molar-refractivity contribution in [3.05, 3.63) is 16.1 Å². The molecule has 0 amide bonds. The fourth-order valence-corrected chi connectivity index (χ4v) is 5.17. The van der Waals surface area contributed by atoms with E-state index in [0.717, 1.165) is 61.9 Å². The van der Waals surface area contributed by atoms with E-state index in [4.69, 9.17) is 0 Å². The largest absolute Gasteiger partial charge is 0.357 e. The number of nitrogens with one attached hydrogen (secondary N) is 2. The summed E-state index contributed by atoms with van der Waals surface area (Å²) >= 11 is 1.74. The Kier molecular flexibility index (Phi) is 11.2. The van der Waals surface area contributed by atoms with Gasteiger partial charge in [-0.2, -0.15) is 0 Å². The SMILES string of the molecule is CCNC(=NCCc1ncc(C)s1)NC1CCCC(S(=O)CC)C1.I. The smallest absolute Gasteiger partial charge is 0.191 e. The summed E-state index contributed by atoms with van der Waals surface area (Å²) in [5.74, 6) is 1.64. The number of nitrogens with zero attached hydrogens (tertiary/aromatic N) is 2. The van der Waals surface area contributed by atoms with Gasteiger partial charge in [0.25, 0.3) is 0 Å². The number of aryl methyl sites for hydroxylation is 1. The molecule has 1 aliphatic carbocycles. The Morgan fingerprint density at radius 2 is 2.24 bits per heavy atom. The topological polar surface area (TPSA) is 66.4 Å². The Balaban J connectivity index is 0.00000312. The number of aliphatic imine (C=N–C) groups is 1. The van der Waals surface area contributed by atoms with Crippen molar-refractivity contribution in [3.8, 4) is 0 Å². The number of halogens is 1. The number of aromatic nitrogens is 1. The first-order chi connectivity index (χ1) is 11.6. The number of thiazole rings is 1. The minimum Gasteiger partial charge on any atom is -0.357 e. The lowest BCUT2D eigenvalue weighted by molar-refractivity contribution is 0.413. The Hall–Kier alpha value is -0.220. The normalized spacial score (nSPS) is 22.1. The third kappa shape index (κ3) is 7.90. The van der Waals surface area contributed by atoms with Crippen LogP contribution in [-0.2, 0) is 17.2 Å². The van der Waals surface area contributed by atoms with Gasteiger partial charge in [0.15, 0.2) is 5.96 Å². The van der Waals surface area contributed by atoms with Crippen LogP contribution in [0.3, 0.4) is 0 Å². The molecule has 1 aromatic heterocycles. The minimum atomic E-state index is -0.688. The molecular weight excluding hydrogens is 467 g/mol. The summed E-state index contributed by atoms with van der Waals surface area (Å²) in [7, 11) is -0.688. The first-order valence-corrected chi connectivity index (χ1v) is 11.2. The summed E-state index contributed by atoms with van der Waals surface area (Å²) in [4.78, 5) is 10.3. The van der Waals surface area contributed by atoms with Crippen molar-refractivity contribution in [3.63, 3.8) is 0 Å². The van der Waals surface area contributed by atoms with Crippen LogP contribution in [0.25, 0.3) is 0 Å². The number of rotatable bonds is 7.